The van der Waals surface area contributed by atoms with E-state index in [1.807, 2.05) is 0 Å². The Kier molecular flexibility index (Phi) is 4.96. The number of nitrogens with zero attached hydrogens (tertiary/aromatic N) is 1. The van der Waals surface area contributed by atoms with Crippen LogP contribution in [0.3, 0.4) is 0 Å². The van der Waals surface area contributed by atoms with Crippen molar-refractivity contribution in [1.82, 2.24) is 14.9 Å². The van der Waals surface area contributed by atoms with Crippen molar-refractivity contribution in [3.63, 3.8) is 0 Å². The highest BCUT2D eigenvalue weighted by Gasteiger charge is 2.35. The zero-order valence-electron chi connectivity index (χ0n) is 11.3. The molecule has 9 heteroatoms. The van der Waals surface area contributed by atoms with Crippen molar-refractivity contribution in [2.75, 3.05) is 11.9 Å². The molecule has 116 valence electrons. The number of rotatable bonds is 4. The molecule has 1 fully saturated rings. The van der Waals surface area contributed by atoms with Crippen LogP contribution in [0, 0.1) is 6.92 Å². The van der Waals surface area contributed by atoms with E-state index < -0.39 is 29.7 Å². The molecule has 0 aromatic carbocycles. The molecule has 1 amide bonds. The van der Waals surface area contributed by atoms with Gasteiger partial charge in [-0.05, 0) is 6.92 Å². The van der Waals surface area contributed by atoms with Gasteiger partial charge in [0.05, 0.1) is 11.4 Å². The minimum Gasteiger partial charge on any atom is -0.390 e. The largest absolute Gasteiger partial charge is 0.390 e. The molecular formula is C12H16BrN3O5. The smallest absolute Gasteiger partial charge is 0.330 e. The Morgan fingerprint density at radius 1 is 1.62 bits per heavy atom. The third-order valence-electron chi connectivity index (χ3n) is 3.28. The first-order chi connectivity index (χ1) is 9.92. The monoisotopic (exact) mass is 361 g/mol. The maximum absolute atomic E-state index is 11.8. The van der Waals surface area contributed by atoms with Gasteiger partial charge in [0.1, 0.15) is 12.3 Å². The van der Waals surface area contributed by atoms with Crippen LogP contribution in [0.25, 0.3) is 0 Å². The summed E-state index contributed by atoms with van der Waals surface area (Å²) in [5, 5.41) is 12.7. The molecule has 2 rings (SSSR count). The summed E-state index contributed by atoms with van der Waals surface area (Å²) in [6.07, 6.45) is -0.464. The fraction of sp³-hybridized carbons (Fsp3) is 0.583. The van der Waals surface area contributed by atoms with E-state index in [4.69, 9.17) is 4.74 Å². The number of alkyl halides is 1. The molecule has 0 saturated carbocycles. The molecule has 3 N–H and O–H groups in total. The van der Waals surface area contributed by atoms with Crippen LogP contribution in [0.1, 0.15) is 18.2 Å². The first-order valence-electron chi connectivity index (χ1n) is 6.40. The van der Waals surface area contributed by atoms with Crippen molar-refractivity contribution in [1.29, 1.82) is 0 Å². The number of ether oxygens (including phenoxy) is 1. The number of carbonyl (C=O) groups is 1. The number of aliphatic hydroxyl groups excluding tert-OH is 1. The highest BCUT2D eigenvalue weighted by atomic mass is 79.9. The molecule has 0 bridgehead atoms. The van der Waals surface area contributed by atoms with E-state index in [9.17, 15) is 19.5 Å². The Morgan fingerprint density at radius 3 is 3.00 bits per heavy atom. The molecule has 21 heavy (non-hydrogen) atoms. The molecule has 2 heterocycles. The van der Waals surface area contributed by atoms with E-state index in [0.29, 0.717) is 5.56 Å². The second kappa shape index (κ2) is 6.54. The van der Waals surface area contributed by atoms with Crippen LogP contribution in [0.5, 0.6) is 0 Å². The van der Waals surface area contributed by atoms with Crippen LogP contribution in [0.4, 0.5) is 0 Å². The van der Waals surface area contributed by atoms with Crippen molar-refractivity contribution < 1.29 is 14.6 Å². The predicted octanol–water partition coefficient (Wildman–Crippen LogP) is -0.995. The Hall–Kier alpha value is -1.45. The van der Waals surface area contributed by atoms with Gasteiger partial charge in [-0.25, -0.2) is 4.79 Å². The lowest BCUT2D eigenvalue weighted by Gasteiger charge is -2.16. The zero-order valence-corrected chi connectivity index (χ0v) is 12.9. The first kappa shape index (κ1) is 15.9. The molecular weight excluding hydrogens is 346 g/mol. The van der Waals surface area contributed by atoms with Crippen molar-refractivity contribution in [2.24, 2.45) is 0 Å². The van der Waals surface area contributed by atoms with Crippen LogP contribution in [0.15, 0.2) is 15.8 Å². The van der Waals surface area contributed by atoms with E-state index in [1.54, 1.807) is 6.92 Å². The fourth-order valence-electron chi connectivity index (χ4n) is 2.13. The van der Waals surface area contributed by atoms with E-state index in [1.165, 1.54) is 10.8 Å². The minimum absolute atomic E-state index is 0.152. The van der Waals surface area contributed by atoms with E-state index in [2.05, 4.69) is 26.2 Å². The standard InChI is InChI=1S/C12H16BrN3O5/c1-6-5-16(12(20)15-11(6)19)10-2-7(17)8(21-10)4-14-9(18)3-13/h5,7-8,10,17H,2-4H2,1H3,(H,14,18)(H,15,19,20)/t7?,8-,10-/m1/s1. The third kappa shape index (κ3) is 3.60. The van der Waals surface area contributed by atoms with E-state index >= 15 is 0 Å². The number of hydrogen-bond donors (Lipinski definition) is 3. The number of aryl methyl sites for hydroxylation is 1. The summed E-state index contributed by atoms with van der Waals surface area (Å²) in [4.78, 5) is 36.5. The summed E-state index contributed by atoms with van der Waals surface area (Å²) in [6.45, 7) is 1.73. The first-order valence-corrected chi connectivity index (χ1v) is 7.52. The number of amides is 1. The molecule has 1 saturated heterocycles. The summed E-state index contributed by atoms with van der Waals surface area (Å²) in [5.74, 6) is -0.216. The molecule has 0 aliphatic carbocycles. The Balaban J connectivity index is 2.10. The second-order valence-electron chi connectivity index (χ2n) is 4.85. The number of halogens is 1. The summed E-state index contributed by atoms with van der Waals surface area (Å²) >= 11 is 3.02. The van der Waals surface area contributed by atoms with Crippen LogP contribution in [-0.4, -0.2) is 44.6 Å². The minimum atomic E-state index is -0.801. The van der Waals surface area contributed by atoms with Crippen LogP contribution in [-0.2, 0) is 9.53 Å². The quantitative estimate of drug-likeness (QED) is 0.595. The molecule has 0 spiro atoms. The number of nitrogens with one attached hydrogen (secondary N) is 2. The average Bonchev–Trinajstić information content (AvgIpc) is 2.81. The third-order valence-corrected chi connectivity index (χ3v) is 3.79. The second-order valence-corrected chi connectivity index (χ2v) is 5.41. The lowest BCUT2D eigenvalue weighted by Crippen LogP contribution is -2.37. The van der Waals surface area contributed by atoms with Gasteiger partial charge in [-0.1, -0.05) is 15.9 Å². The molecule has 0 radical (unpaired) electrons. The highest BCUT2D eigenvalue weighted by molar-refractivity contribution is 9.09. The number of carbonyl (C=O) groups excluding carboxylic acids is 1. The van der Waals surface area contributed by atoms with Crippen molar-refractivity contribution >= 4 is 21.8 Å². The van der Waals surface area contributed by atoms with Gasteiger partial charge in [-0.15, -0.1) is 0 Å². The van der Waals surface area contributed by atoms with Crippen molar-refractivity contribution in [3.05, 3.63) is 32.6 Å². The Bertz CT molecular complexity index is 641. The number of hydrogen-bond acceptors (Lipinski definition) is 5. The zero-order chi connectivity index (χ0) is 15.6. The van der Waals surface area contributed by atoms with E-state index in [-0.39, 0.29) is 24.2 Å². The number of aromatic amines is 1. The lowest BCUT2D eigenvalue weighted by atomic mass is 10.2. The van der Waals surface area contributed by atoms with E-state index in [0.717, 1.165) is 0 Å². The lowest BCUT2D eigenvalue weighted by molar-refractivity contribution is -0.119. The van der Waals surface area contributed by atoms with Crippen molar-refractivity contribution in [2.45, 2.75) is 31.8 Å². The van der Waals surface area contributed by atoms with Crippen LogP contribution in [0.2, 0.25) is 0 Å². The molecule has 8 nitrogen and oxygen atoms in total. The molecule has 1 aliphatic heterocycles. The molecule has 3 atom stereocenters. The van der Waals surface area contributed by atoms with Crippen LogP contribution < -0.4 is 16.6 Å². The summed E-state index contributed by atoms with van der Waals surface area (Å²) in [6, 6.07) is 0. The van der Waals surface area contributed by atoms with Crippen molar-refractivity contribution in [3.8, 4) is 0 Å². The van der Waals surface area contributed by atoms with Gasteiger partial charge >= 0.3 is 5.69 Å². The number of H-pyrrole nitrogens is 1. The topological polar surface area (TPSA) is 113 Å². The van der Waals surface area contributed by atoms with Gasteiger partial charge in [-0.3, -0.25) is 19.1 Å². The van der Waals surface area contributed by atoms with Gasteiger partial charge in [0.15, 0.2) is 0 Å². The average molecular weight is 362 g/mol. The summed E-state index contributed by atoms with van der Waals surface area (Å²) < 4.78 is 6.83. The molecule has 1 aromatic rings. The van der Waals surface area contributed by atoms with Gasteiger partial charge in [0.25, 0.3) is 5.56 Å². The number of aliphatic hydroxyl groups is 1. The van der Waals surface area contributed by atoms with Crippen LogP contribution >= 0.6 is 15.9 Å². The Labute approximate surface area is 128 Å². The highest BCUT2D eigenvalue weighted by Crippen LogP contribution is 2.27. The van der Waals surface area contributed by atoms with Gasteiger partial charge in [-0.2, -0.15) is 0 Å². The SMILES string of the molecule is Cc1cn([C@H]2CC(O)[C@@H](CNC(=O)CBr)O2)c(=O)[nH]c1=O. The predicted molar refractivity (Wildman–Crippen MR) is 77.4 cm³/mol. The summed E-state index contributed by atoms with van der Waals surface area (Å²) in [7, 11) is 0. The fourth-order valence-corrected chi connectivity index (χ4v) is 2.33. The molecule has 1 aromatic heterocycles. The normalized spacial score (nSPS) is 25.0. The maximum atomic E-state index is 11.8. The van der Waals surface area contributed by atoms with Gasteiger partial charge < -0.3 is 15.2 Å². The molecule has 1 aliphatic rings. The Morgan fingerprint density at radius 2 is 2.33 bits per heavy atom. The van der Waals surface area contributed by atoms with Gasteiger partial charge in [0, 0.05) is 24.7 Å². The maximum Gasteiger partial charge on any atom is 0.330 e. The summed E-state index contributed by atoms with van der Waals surface area (Å²) in [5.41, 5.74) is -0.660. The molecule has 1 unspecified atom stereocenters. The number of aromatic nitrogens is 2. The van der Waals surface area contributed by atoms with Gasteiger partial charge in [0.2, 0.25) is 5.91 Å².